The standard InChI is InChI=1S/C13H22ClNO2/c1-3-17-12-8-11(16)13(12)4-6-15(7-5-13)9-10(2)14/h11-12,16H,2-9H2,1H3/t11-,12+/m0/s1. The molecule has 98 valence electrons. The molecule has 1 heterocycles. The van der Waals surface area contributed by atoms with Gasteiger partial charge < -0.3 is 9.84 Å². The van der Waals surface area contributed by atoms with E-state index in [2.05, 4.69) is 11.5 Å². The predicted octanol–water partition coefficient (Wildman–Crippen LogP) is 1.99. The second-order valence-corrected chi connectivity index (χ2v) is 5.76. The lowest BCUT2D eigenvalue weighted by Gasteiger charge is -2.56. The summed E-state index contributed by atoms with van der Waals surface area (Å²) in [5, 5.41) is 10.7. The maximum atomic E-state index is 10.0. The van der Waals surface area contributed by atoms with E-state index in [9.17, 15) is 5.11 Å². The van der Waals surface area contributed by atoms with Crippen LogP contribution in [-0.2, 0) is 4.74 Å². The Hall–Kier alpha value is -0.0900. The number of hydrogen-bond acceptors (Lipinski definition) is 3. The first kappa shape index (κ1) is 13.3. The van der Waals surface area contributed by atoms with Crippen LogP contribution in [0.25, 0.3) is 0 Å². The van der Waals surface area contributed by atoms with Gasteiger partial charge in [-0.2, -0.15) is 0 Å². The van der Waals surface area contributed by atoms with Crippen molar-refractivity contribution >= 4 is 11.6 Å². The molecule has 2 atom stereocenters. The fraction of sp³-hybridized carbons (Fsp3) is 0.846. The number of nitrogens with zero attached hydrogens (tertiary/aromatic N) is 1. The molecule has 0 aromatic heterocycles. The molecule has 0 unspecified atom stereocenters. The number of hydrogen-bond donors (Lipinski definition) is 1. The molecular formula is C13H22ClNO2. The Labute approximate surface area is 108 Å². The van der Waals surface area contributed by atoms with Crippen LogP contribution in [-0.4, -0.2) is 48.5 Å². The van der Waals surface area contributed by atoms with Crippen molar-refractivity contribution in [1.82, 2.24) is 4.90 Å². The van der Waals surface area contributed by atoms with Gasteiger partial charge in [0.15, 0.2) is 0 Å². The third kappa shape index (κ3) is 2.53. The van der Waals surface area contributed by atoms with Crippen molar-refractivity contribution in [1.29, 1.82) is 0 Å². The smallest absolute Gasteiger partial charge is 0.0681 e. The lowest BCUT2D eigenvalue weighted by molar-refractivity contribution is -0.209. The summed E-state index contributed by atoms with van der Waals surface area (Å²) in [7, 11) is 0. The Bertz CT molecular complexity index is 285. The lowest BCUT2D eigenvalue weighted by Crippen LogP contribution is -2.62. The summed E-state index contributed by atoms with van der Waals surface area (Å²) < 4.78 is 5.74. The molecule has 2 fully saturated rings. The highest BCUT2D eigenvalue weighted by molar-refractivity contribution is 6.29. The Kier molecular flexibility index (Phi) is 4.14. The average molecular weight is 260 g/mol. The minimum absolute atomic E-state index is 0.0140. The first-order chi connectivity index (χ1) is 8.08. The lowest BCUT2D eigenvalue weighted by atomic mass is 9.58. The van der Waals surface area contributed by atoms with Crippen molar-refractivity contribution in [3.63, 3.8) is 0 Å². The Morgan fingerprint density at radius 3 is 2.65 bits per heavy atom. The highest BCUT2D eigenvalue weighted by atomic mass is 35.5. The molecule has 3 nitrogen and oxygen atoms in total. The van der Waals surface area contributed by atoms with Crippen LogP contribution in [0.1, 0.15) is 26.2 Å². The van der Waals surface area contributed by atoms with Crippen LogP contribution in [0.3, 0.4) is 0 Å². The Morgan fingerprint density at radius 1 is 1.53 bits per heavy atom. The topological polar surface area (TPSA) is 32.7 Å². The minimum atomic E-state index is -0.180. The van der Waals surface area contributed by atoms with Crippen LogP contribution in [0.4, 0.5) is 0 Å². The normalized spacial score (nSPS) is 32.4. The van der Waals surface area contributed by atoms with Crippen molar-refractivity contribution in [2.75, 3.05) is 26.2 Å². The first-order valence-electron chi connectivity index (χ1n) is 6.44. The number of rotatable bonds is 4. The van der Waals surface area contributed by atoms with E-state index >= 15 is 0 Å². The summed E-state index contributed by atoms with van der Waals surface area (Å²) in [5.41, 5.74) is 0.0140. The first-order valence-corrected chi connectivity index (χ1v) is 6.81. The molecule has 0 aromatic rings. The number of aliphatic hydroxyl groups is 1. The van der Waals surface area contributed by atoms with Gasteiger partial charge in [0.05, 0.1) is 12.2 Å². The van der Waals surface area contributed by atoms with Crippen molar-refractivity contribution in [2.45, 2.75) is 38.4 Å². The second-order valence-electron chi connectivity index (χ2n) is 5.22. The third-order valence-electron chi connectivity index (χ3n) is 4.29. The van der Waals surface area contributed by atoms with Gasteiger partial charge in [-0.1, -0.05) is 18.2 Å². The molecule has 2 aliphatic rings. The van der Waals surface area contributed by atoms with E-state index < -0.39 is 0 Å². The molecule has 1 N–H and O–H groups in total. The van der Waals surface area contributed by atoms with Gasteiger partial charge in [0, 0.05) is 30.0 Å². The van der Waals surface area contributed by atoms with Crippen LogP contribution < -0.4 is 0 Å². The summed E-state index contributed by atoms with van der Waals surface area (Å²) in [6, 6.07) is 0. The monoisotopic (exact) mass is 259 g/mol. The summed E-state index contributed by atoms with van der Waals surface area (Å²) in [6.45, 7) is 9.20. The molecule has 4 heteroatoms. The minimum Gasteiger partial charge on any atom is -0.392 e. The molecule has 0 bridgehead atoms. The highest BCUT2D eigenvalue weighted by Crippen LogP contribution is 2.50. The number of aliphatic hydroxyl groups excluding tert-OH is 1. The van der Waals surface area contributed by atoms with Gasteiger partial charge in [0.25, 0.3) is 0 Å². The molecule has 0 amide bonds. The van der Waals surface area contributed by atoms with Gasteiger partial charge in [-0.05, 0) is 32.9 Å². The van der Waals surface area contributed by atoms with Gasteiger partial charge in [-0.25, -0.2) is 0 Å². The van der Waals surface area contributed by atoms with Gasteiger partial charge >= 0.3 is 0 Å². The molecule has 1 saturated carbocycles. The third-order valence-corrected chi connectivity index (χ3v) is 4.41. The molecule has 0 aromatic carbocycles. The van der Waals surface area contributed by atoms with Crippen LogP contribution in [0.2, 0.25) is 0 Å². The van der Waals surface area contributed by atoms with Gasteiger partial charge in [0.1, 0.15) is 0 Å². The number of halogens is 1. The van der Waals surface area contributed by atoms with E-state index in [1.165, 1.54) is 0 Å². The van der Waals surface area contributed by atoms with Crippen molar-refractivity contribution in [3.05, 3.63) is 11.6 Å². The molecular weight excluding hydrogens is 238 g/mol. The molecule has 1 aliphatic heterocycles. The zero-order valence-electron chi connectivity index (χ0n) is 10.5. The zero-order valence-corrected chi connectivity index (χ0v) is 11.2. The van der Waals surface area contributed by atoms with Crippen LogP contribution in [0.5, 0.6) is 0 Å². The van der Waals surface area contributed by atoms with Crippen LogP contribution in [0, 0.1) is 5.41 Å². The summed E-state index contributed by atoms with van der Waals surface area (Å²) >= 11 is 5.83. The highest BCUT2D eigenvalue weighted by Gasteiger charge is 2.55. The van der Waals surface area contributed by atoms with Gasteiger partial charge in [-0.3, -0.25) is 4.90 Å². The molecule has 1 saturated heterocycles. The summed E-state index contributed by atoms with van der Waals surface area (Å²) in [4.78, 5) is 2.30. The van der Waals surface area contributed by atoms with E-state index in [0.29, 0.717) is 5.03 Å². The maximum Gasteiger partial charge on any atom is 0.0681 e. The zero-order chi connectivity index (χ0) is 12.5. The molecule has 2 rings (SSSR count). The Balaban J connectivity index is 1.90. The number of likely N-dealkylation sites (tertiary alicyclic amines) is 1. The van der Waals surface area contributed by atoms with Gasteiger partial charge in [-0.15, -0.1) is 0 Å². The van der Waals surface area contributed by atoms with E-state index in [-0.39, 0.29) is 17.6 Å². The SMILES string of the molecule is C=C(Cl)CN1CCC2(CC1)[C@@H](O)C[C@H]2OCC. The summed E-state index contributed by atoms with van der Waals surface area (Å²) in [5.74, 6) is 0. The van der Waals surface area contributed by atoms with E-state index in [1.54, 1.807) is 0 Å². The van der Waals surface area contributed by atoms with Crippen molar-refractivity contribution in [3.8, 4) is 0 Å². The number of ether oxygens (including phenoxy) is 1. The molecule has 17 heavy (non-hydrogen) atoms. The van der Waals surface area contributed by atoms with Gasteiger partial charge in [0.2, 0.25) is 0 Å². The van der Waals surface area contributed by atoms with Crippen molar-refractivity contribution in [2.24, 2.45) is 5.41 Å². The van der Waals surface area contributed by atoms with Crippen LogP contribution in [0.15, 0.2) is 11.6 Å². The fourth-order valence-corrected chi connectivity index (χ4v) is 3.36. The van der Waals surface area contributed by atoms with Crippen molar-refractivity contribution < 1.29 is 9.84 Å². The molecule has 0 radical (unpaired) electrons. The van der Waals surface area contributed by atoms with E-state index in [0.717, 1.165) is 45.5 Å². The maximum absolute atomic E-state index is 10.0. The largest absolute Gasteiger partial charge is 0.392 e. The fourth-order valence-electron chi connectivity index (χ4n) is 3.19. The predicted molar refractivity (Wildman–Crippen MR) is 69.1 cm³/mol. The van der Waals surface area contributed by atoms with Crippen LogP contribution >= 0.6 is 11.6 Å². The number of piperidine rings is 1. The quantitative estimate of drug-likeness (QED) is 0.838. The van der Waals surface area contributed by atoms with E-state index in [4.69, 9.17) is 16.3 Å². The molecule has 1 aliphatic carbocycles. The Morgan fingerprint density at radius 2 is 2.18 bits per heavy atom. The van der Waals surface area contributed by atoms with E-state index in [1.807, 2.05) is 6.92 Å². The second kappa shape index (κ2) is 5.27. The summed E-state index contributed by atoms with van der Waals surface area (Å²) in [6.07, 6.45) is 2.88. The molecule has 1 spiro atoms. The average Bonchev–Trinajstić information content (AvgIpc) is 2.29.